The first kappa shape index (κ1) is 9.25. The van der Waals surface area contributed by atoms with Gasteiger partial charge in [-0.25, -0.2) is 4.39 Å². The molecule has 0 aliphatic heterocycles. The molecule has 70 valence electrons. The van der Waals surface area contributed by atoms with Gasteiger partial charge in [-0.2, -0.15) is 0 Å². The van der Waals surface area contributed by atoms with E-state index in [0.29, 0.717) is 23.4 Å². The highest BCUT2D eigenvalue weighted by Crippen LogP contribution is 2.50. The van der Waals surface area contributed by atoms with Gasteiger partial charge >= 0.3 is 0 Å². The van der Waals surface area contributed by atoms with Crippen LogP contribution in [0.1, 0.15) is 18.4 Å². The van der Waals surface area contributed by atoms with Gasteiger partial charge in [0.25, 0.3) is 0 Å². The van der Waals surface area contributed by atoms with Crippen LogP contribution in [0.4, 0.5) is 4.39 Å². The van der Waals surface area contributed by atoms with Crippen LogP contribution in [0.2, 0.25) is 10.0 Å². The van der Waals surface area contributed by atoms with Gasteiger partial charge in [0.1, 0.15) is 5.82 Å². The zero-order valence-electron chi connectivity index (χ0n) is 6.65. The Hall–Kier alpha value is -0.310. The number of benzene rings is 1. The molecule has 4 heteroatoms. The molecule has 1 fully saturated rings. The monoisotopic (exact) mass is 220 g/mol. The molecule has 0 saturated heterocycles. The van der Waals surface area contributed by atoms with E-state index >= 15 is 0 Å². The Morgan fingerprint density at radius 2 is 1.92 bits per heavy atom. The van der Waals surface area contributed by atoms with Crippen LogP contribution in [0, 0.1) is 5.82 Å². The summed E-state index contributed by atoms with van der Waals surface area (Å²) in [5.41, 5.74) is -0.660. The normalized spacial score (nSPS) is 18.8. The third-order valence-corrected chi connectivity index (χ3v) is 2.92. The van der Waals surface area contributed by atoms with Gasteiger partial charge in [0.2, 0.25) is 0 Å². The molecular formula is C9H7Cl2FO. The molecule has 0 bridgehead atoms. The molecular weight excluding hydrogens is 214 g/mol. The molecule has 13 heavy (non-hydrogen) atoms. The van der Waals surface area contributed by atoms with E-state index in [1.165, 1.54) is 12.1 Å². The van der Waals surface area contributed by atoms with E-state index in [1.807, 2.05) is 0 Å². The third-order valence-electron chi connectivity index (χ3n) is 2.23. The first-order chi connectivity index (χ1) is 6.04. The molecule has 0 heterocycles. The van der Waals surface area contributed by atoms with E-state index < -0.39 is 11.4 Å². The van der Waals surface area contributed by atoms with Gasteiger partial charge in [0, 0.05) is 10.6 Å². The predicted octanol–water partition coefficient (Wildman–Crippen LogP) is 3.11. The fourth-order valence-corrected chi connectivity index (χ4v) is 2.04. The lowest BCUT2D eigenvalue weighted by Gasteiger charge is -2.12. The molecule has 1 aliphatic carbocycles. The molecule has 2 rings (SSSR count). The Balaban J connectivity index is 2.61. The summed E-state index contributed by atoms with van der Waals surface area (Å²) < 4.78 is 13.0. The Labute approximate surface area is 85.1 Å². The maximum Gasteiger partial charge on any atom is 0.142 e. The van der Waals surface area contributed by atoms with E-state index in [0.717, 1.165) is 0 Å². The summed E-state index contributed by atoms with van der Waals surface area (Å²) >= 11 is 11.5. The van der Waals surface area contributed by atoms with Crippen molar-refractivity contribution in [3.63, 3.8) is 0 Å². The van der Waals surface area contributed by atoms with Crippen LogP contribution in [0.5, 0.6) is 0 Å². The maximum absolute atomic E-state index is 13.0. The molecule has 0 spiro atoms. The minimum absolute atomic E-state index is 0.0625. The van der Waals surface area contributed by atoms with Crippen molar-refractivity contribution >= 4 is 23.2 Å². The van der Waals surface area contributed by atoms with Crippen molar-refractivity contribution < 1.29 is 9.50 Å². The summed E-state index contributed by atoms with van der Waals surface area (Å²) in [4.78, 5) is 0. The summed E-state index contributed by atoms with van der Waals surface area (Å²) in [6.45, 7) is 0. The first-order valence-corrected chi connectivity index (χ1v) is 4.66. The van der Waals surface area contributed by atoms with Crippen LogP contribution in [-0.4, -0.2) is 5.11 Å². The largest absolute Gasteiger partial charge is 0.385 e. The second kappa shape index (κ2) is 2.84. The highest BCUT2D eigenvalue weighted by atomic mass is 35.5. The van der Waals surface area contributed by atoms with Gasteiger partial charge in [-0.05, 0) is 25.0 Å². The van der Waals surface area contributed by atoms with Crippen molar-refractivity contribution in [3.8, 4) is 0 Å². The minimum atomic E-state index is -0.990. The van der Waals surface area contributed by atoms with E-state index in [4.69, 9.17) is 23.2 Å². The molecule has 0 radical (unpaired) electrons. The van der Waals surface area contributed by atoms with Crippen LogP contribution in [0.25, 0.3) is 0 Å². The highest BCUT2D eigenvalue weighted by Gasteiger charge is 2.45. The number of hydrogen-bond donors (Lipinski definition) is 1. The second-order valence-electron chi connectivity index (χ2n) is 3.25. The van der Waals surface area contributed by atoms with Crippen molar-refractivity contribution in [2.45, 2.75) is 18.4 Å². The lowest BCUT2D eigenvalue weighted by atomic mass is 10.1. The Morgan fingerprint density at radius 3 is 2.46 bits per heavy atom. The lowest BCUT2D eigenvalue weighted by Crippen LogP contribution is -2.07. The van der Waals surface area contributed by atoms with Crippen LogP contribution < -0.4 is 0 Å². The molecule has 1 nitrogen and oxygen atoms in total. The van der Waals surface area contributed by atoms with E-state index in [9.17, 15) is 9.50 Å². The molecule has 0 amide bonds. The van der Waals surface area contributed by atoms with Crippen molar-refractivity contribution in [2.24, 2.45) is 0 Å². The Bertz CT molecular complexity index is 361. The minimum Gasteiger partial charge on any atom is -0.385 e. The predicted molar refractivity (Wildman–Crippen MR) is 49.6 cm³/mol. The zero-order valence-corrected chi connectivity index (χ0v) is 8.16. The summed E-state index contributed by atoms with van der Waals surface area (Å²) in [6, 6.07) is 2.61. The van der Waals surface area contributed by atoms with Crippen LogP contribution in [0.3, 0.4) is 0 Å². The van der Waals surface area contributed by atoms with E-state index in [2.05, 4.69) is 0 Å². The number of hydrogen-bond acceptors (Lipinski definition) is 1. The van der Waals surface area contributed by atoms with Crippen LogP contribution in [-0.2, 0) is 5.60 Å². The van der Waals surface area contributed by atoms with Gasteiger partial charge in [0.15, 0.2) is 0 Å². The van der Waals surface area contributed by atoms with Gasteiger partial charge in [-0.15, -0.1) is 0 Å². The molecule has 1 N–H and O–H groups in total. The maximum atomic E-state index is 13.0. The summed E-state index contributed by atoms with van der Waals surface area (Å²) in [5, 5.41) is 10.0. The van der Waals surface area contributed by atoms with Gasteiger partial charge in [0.05, 0.1) is 10.6 Å². The highest BCUT2D eigenvalue weighted by molar-refractivity contribution is 6.36. The van der Waals surface area contributed by atoms with Crippen molar-refractivity contribution in [3.05, 3.63) is 33.6 Å². The molecule has 1 aromatic rings. The SMILES string of the molecule is OC1(c2c(Cl)ccc(F)c2Cl)CC1. The molecule has 1 saturated carbocycles. The Morgan fingerprint density at radius 1 is 1.31 bits per heavy atom. The molecule has 0 atom stereocenters. The molecule has 0 unspecified atom stereocenters. The third kappa shape index (κ3) is 1.43. The molecule has 1 aliphatic rings. The quantitative estimate of drug-likeness (QED) is 0.722. The summed E-state index contributed by atoms with van der Waals surface area (Å²) in [6.07, 6.45) is 1.19. The van der Waals surface area contributed by atoms with Crippen LogP contribution in [0.15, 0.2) is 12.1 Å². The average Bonchev–Trinajstić information content (AvgIpc) is 2.78. The van der Waals surface area contributed by atoms with Gasteiger partial charge in [-0.3, -0.25) is 0 Å². The summed E-state index contributed by atoms with van der Waals surface area (Å²) in [5.74, 6) is -0.540. The van der Waals surface area contributed by atoms with Gasteiger partial charge in [-0.1, -0.05) is 23.2 Å². The number of aliphatic hydroxyl groups is 1. The van der Waals surface area contributed by atoms with Crippen molar-refractivity contribution in [1.82, 2.24) is 0 Å². The second-order valence-corrected chi connectivity index (χ2v) is 4.03. The fourth-order valence-electron chi connectivity index (χ4n) is 1.32. The van der Waals surface area contributed by atoms with Crippen molar-refractivity contribution in [1.29, 1.82) is 0 Å². The number of rotatable bonds is 1. The smallest absolute Gasteiger partial charge is 0.142 e. The fraction of sp³-hybridized carbons (Fsp3) is 0.333. The zero-order chi connectivity index (χ0) is 9.64. The van der Waals surface area contributed by atoms with E-state index in [1.54, 1.807) is 0 Å². The Kier molecular flexibility index (Phi) is 2.02. The topological polar surface area (TPSA) is 20.2 Å². The lowest BCUT2D eigenvalue weighted by molar-refractivity contribution is 0.151. The van der Waals surface area contributed by atoms with Crippen LogP contribution >= 0.6 is 23.2 Å². The first-order valence-electron chi connectivity index (χ1n) is 3.91. The molecule has 1 aromatic carbocycles. The van der Waals surface area contributed by atoms with Gasteiger partial charge < -0.3 is 5.11 Å². The van der Waals surface area contributed by atoms with E-state index in [-0.39, 0.29) is 5.02 Å². The average molecular weight is 221 g/mol. The summed E-state index contributed by atoms with van der Waals surface area (Å²) in [7, 11) is 0. The van der Waals surface area contributed by atoms with Crippen molar-refractivity contribution in [2.75, 3.05) is 0 Å². The number of halogens is 3. The molecule has 0 aromatic heterocycles. The standard InChI is InChI=1S/C9H7Cl2FO/c10-5-1-2-6(12)8(11)7(5)9(13)3-4-9/h1-2,13H,3-4H2.